The number of pyridine rings is 1. The molecule has 0 radical (unpaired) electrons. The fraction of sp³-hybridized carbons (Fsp3) is 0.353. The number of aryl methyl sites for hydroxylation is 2. The molecule has 0 unspecified atom stereocenters. The van der Waals surface area contributed by atoms with Gasteiger partial charge in [-0.05, 0) is 38.5 Å². The SMILES string of the molecule is CCOC(=O)CCc1c(C)nn(C)c1-n1ccc2cccnc21. The van der Waals surface area contributed by atoms with E-state index in [4.69, 9.17) is 4.74 Å². The molecule has 6 heteroatoms. The van der Waals surface area contributed by atoms with E-state index in [1.807, 2.05) is 54.5 Å². The number of hydrogen-bond acceptors (Lipinski definition) is 4. The lowest BCUT2D eigenvalue weighted by Gasteiger charge is -2.09. The first kappa shape index (κ1) is 15.3. The standard InChI is InChI=1S/C17H20N4O2/c1-4-23-15(22)8-7-14-12(2)19-20(3)17(14)21-11-9-13-6-5-10-18-16(13)21/h5-6,9-11H,4,7-8H2,1-3H3. The van der Waals surface area contributed by atoms with Crippen LogP contribution < -0.4 is 0 Å². The highest BCUT2D eigenvalue weighted by Crippen LogP contribution is 2.24. The number of hydrogen-bond donors (Lipinski definition) is 0. The number of rotatable bonds is 5. The zero-order valence-electron chi connectivity index (χ0n) is 13.6. The van der Waals surface area contributed by atoms with Gasteiger partial charge in [-0.3, -0.25) is 14.0 Å². The Morgan fingerprint density at radius 2 is 2.17 bits per heavy atom. The lowest BCUT2D eigenvalue weighted by molar-refractivity contribution is -0.143. The minimum absolute atomic E-state index is 0.183. The average Bonchev–Trinajstić information content (AvgIpc) is 3.06. The molecule has 3 rings (SSSR count). The van der Waals surface area contributed by atoms with Gasteiger partial charge in [-0.2, -0.15) is 5.10 Å². The van der Waals surface area contributed by atoms with Crippen molar-refractivity contribution in [3.05, 3.63) is 41.9 Å². The maximum absolute atomic E-state index is 11.7. The Balaban J connectivity index is 2.01. The fourth-order valence-electron chi connectivity index (χ4n) is 2.88. The lowest BCUT2D eigenvalue weighted by Crippen LogP contribution is -2.08. The molecule has 0 amide bonds. The number of nitrogens with zero attached hydrogens (tertiary/aromatic N) is 4. The van der Waals surface area contributed by atoms with E-state index in [0.29, 0.717) is 19.4 Å². The van der Waals surface area contributed by atoms with E-state index in [-0.39, 0.29) is 5.97 Å². The van der Waals surface area contributed by atoms with Crippen LogP contribution in [-0.4, -0.2) is 31.9 Å². The first-order valence-electron chi connectivity index (χ1n) is 7.72. The largest absolute Gasteiger partial charge is 0.466 e. The normalized spacial score (nSPS) is 11.1. The second kappa shape index (κ2) is 6.24. The minimum atomic E-state index is -0.183. The van der Waals surface area contributed by atoms with Crippen molar-refractivity contribution < 1.29 is 9.53 Å². The third kappa shape index (κ3) is 2.84. The summed E-state index contributed by atoms with van der Waals surface area (Å²) in [4.78, 5) is 16.1. The van der Waals surface area contributed by atoms with Crippen LogP contribution in [0.5, 0.6) is 0 Å². The molecule has 3 aromatic heterocycles. The molecular weight excluding hydrogens is 292 g/mol. The fourth-order valence-corrected chi connectivity index (χ4v) is 2.88. The Labute approximate surface area is 134 Å². The maximum atomic E-state index is 11.7. The molecule has 0 N–H and O–H groups in total. The average molecular weight is 312 g/mol. The molecule has 120 valence electrons. The van der Waals surface area contributed by atoms with Crippen molar-refractivity contribution in [1.29, 1.82) is 0 Å². The van der Waals surface area contributed by atoms with E-state index in [2.05, 4.69) is 10.1 Å². The smallest absolute Gasteiger partial charge is 0.306 e. The first-order chi connectivity index (χ1) is 11.1. The molecule has 6 nitrogen and oxygen atoms in total. The van der Waals surface area contributed by atoms with Crippen molar-refractivity contribution in [2.24, 2.45) is 7.05 Å². The molecule has 0 aliphatic heterocycles. The van der Waals surface area contributed by atoms with E-state index in [0.717, 1.165) is 28.1 Å². The van der Waals surface area contributed by atoms with E-state index in [9.17, 15) is 4.79 Å². The van der Waals surface area contributed by atoms with Crippen LogP contribution in [0.1, 0.15) is 24.6 Å². The van der Waals surface area contributed by atoms with Crippen molar-refractivity contribution >= 4 is 17.0 Å². The second-order valence-corrected chi connectivity index (χ2v) is 5.42. The van der Waals surface area contributed by atoms with Crippen LogP contribution in [0.2, 0.25) is 0 Å². The number of fused-ring (bicyclic) bond motifs is 1. The van der Waals surface area contributed by atoms with Crippen LogP contribution in [-0.2, 0) is 23.0 Å². The molecule has 0 atom stereocenters. The van der Waals surface area contributed by atoms with Crippen molar-refractivity contribution in [2.45, 2.75) is 26.7 Å². The molecule has 0 aromatic carbocycles. The highest BCUT2D eigenvalue weighted by atomic mass is 16.5. The van der Waals surface area contributed by atoms with Crippen molar-refractivity contribution in [3.63, 3.8) is 0 Å². The zero-order chi connectivity index (χ0) is 16.4. The molecular formula is C17H20N4O2. The van der Waals surface area contributed by atoms with Crippen LogP contribution in [0.15, 0.2) is 30.6 Å². The quantitative estimate of drug-likeness (QED) is 0.679. The summed E-state index contributed by atoms with van der Waals surface area (Å²) in [5.74, 6) is 0.762. The van der Waals surface area contributed by atoms with Crippen LogP contribution in [0.3, 0.4) is 0 Å². The zero-order valence-corrected chi connectivity index (χ0v) is 13.6. The summed E-state index contributed by atoms with van der Waals surface area (Å²) >= 11 is 0. The van der Waals surface area contributed by atoms with E-state index in [1.165, 1.54) is 0 Å². The second-order valence-electron chi connectivity index (χ2n) is 5.42. The van der Waals surface area contributed by atoms with Crippen molar-refractivity contribution in [1.82, 2.24) is 19.3 Å². The Morgan fingerprint density at radius 1 is 1.35 bits per heavy atom. The maximum Gasteiger partial charge on any atom is 0.306 e. The Hall–Kier alpha value is -2.63. The first-order valence-corrected chi connectivity index (χ1v) is 7.72. The number of esters is 1. The van der Waals surface area contributed by atoms with Gasteiger partial charge in [0.25, 0.3) is 0 Å². The molecule has 0 spiro atoms. The number of aromatic nitrogens is 4. The van der Waals surface area contributed by atoms with Gasteiger partial charge in [0, 0.05) is 36.8 Å². The summed E-state index contributed by atoms with van der Waals surface area (Å²) in [6.45, 7) is 4.18. The Kier molecular flexibility index (Phi) is 4.14. The van der Waals surface area contributed by atoms with E-state index < -0.39 is 0 Å². The molecule has 0 aliphatic rings. The summed E-state index contributed by atoms with van der Waals surface area (Å²) in [6.07, 6.45) is 4.71. The molecule has 3 heterocycles. The number of carbonyl (C=O) groups excluding carboxylic acids is 1. The van der Waals surface area contributed by atoms with Gasteiger partial charge in [0.15, 0.2) is 0 Å². The summed E-state index contributed by atoms with van der Waals surface area (Å²) in [5, 5.41) is 5.59. The molecule has 0 fully saturated rings. The number of ether oxygens (including phenoxy) is 1. The third-order valence-electron chi connectivity index (χ3n) is 3.87. The van der Waals surface area contributed by atoms with Gasteiger partial charge in [0.1, 0.15) is 11.5 Å². The third-order valence-corrected chi connectivity index (χ3v) is 3.87. The topological polar surface area (TPSA) is 61.9 Å². The van der Waals surface area contributed by atoms with Gasteiger partial charge in [-0.15, -0.1) is 0 Å². The Bertz CT molecular complexity index is 848. The van der Waals surface area contributed by atoms with Gasteiger partial charge in [0.2, 0.25) is 0 Å². The van der Waals surface area contributed by atoms with Gasteiger partial charge < -0.3 is 4.74 Å². The van der Waals surface area contributed by atoms with Crippen molar-refractivity contribution in [3.8, 4) is 5.82 Å². The Morgan fingerprint density at radius 3 is 2.96 bits per heavy atom. The van der Waals surface area contributed by atoms with Crippen LogP contribution >= 0.6 is 0 Å². The highest BCUT2D eigenvalue weighted by Gasteiger charge is 2.18. The predicted octanol–water partition coefficient (Wildman–Crippen LogP) is 2.56. The van der Waals surface area contributed by atoms with E-state index >= 15 is 0 Å². The van der Waals surface area contributed by atoms with Gasteiger partial charge in [-0.25, -0.2) is 4.98 Å². The van der Waals surface area contributed by atoms with Crippen LogP contribution in [0, 0.1) is 6.92 Å². The van der Waals surface area contributed by atoms with Crippen LogP contribution in [0.4, 0.5) is 0 Å². The summed E-state index contributed by atoms with van der Waals surface area (Å²) in [7, 11) is 1.91. The molecule has 3 aromatic rings. The summed E-state index contributed by atoms with van der Waals surface area (Å²) < 4.78 is 8.89. The summed E-state index contributed by atoms with van der Waals surface area (Å²) in [6, 6.07) is 5.98. The highest BCUT2D eigenvalue weighted by molar-refractivity contribution is 5.78. The monoisotopic (exact) mass is 312 g/mol. The number of carbonyl (C=O) groups is 1. The van der Waals surface area contributed by atoms with Gasteiger partial charge in [-0.1, -0.05) is 0 Å². The molecule has 23 heavy (non-hydrogen) atoms. The lowest BCUT2D eigenvalue weighted by atomic mass is 10.1. The van der Waals surface area contributed by atoms with Crippen LogP contribution in [0.25, 0.3) is 16.9 Å². The molecule has 0 saturated heterocycles. The summed E-state index contributed by atoms with van der Waals surface area (Å²) in [5.41, 5.74) is 2.85. The predicted molar refractivity (Wildman–Crippen MR) is 87.5 cm³/mol. The van der Waals surface area contributed by atoms with E-state index in [1.54, 1.807) is 6.20 Å². The van der Waals surface area contributed by atoms with Crippen molar-refractivity contribution in [2.75, 3.05) is 6.61 Å². The molecule has 0 aliphatic carbocycles. The molecule has 0 bridgehead atoms. The molecule has 0 saturated carbocycles. The van der Waals surface area contributed by atoms with Gasteiger partial charge >= 0.3 is 5.97 Å². The minimum Gasteiger partial charge on any atom is -0.466 e. The van der Waals surface area contributed by atoms with Gasteiger partial charge in [0.05, 0.1) is 12.3 Å².